The fourth-order valence-corrected chi connectivity index (χ4v) is 11.0. The molecule has 0 amide bonds. The van der Waals surface area contributed by atoms with Crippen molar-refractivity contribution in [3.63, 3.8) is 0 Å². The molecule has 0 aliphatic heterocycles. The quantitative estimate of drug-likeness (QED) is 0.0261. The zero-order chi connectivity index (χ0) is 55.7. The Labute approximate surface area is 481 Å². The molecule has 0 saturated carbocycles. The molecular weight excluding hydrogens is 949 g/mol. The van der Waals surface area contributed by atoms with Crippen LogP contribution in [0.15, 0.2) is 12.2 Å². The summed E-state index contributed by atoms with van der Waals surface area (Å²) in [6, 6.07) is 0. The van der Waals surface area contributed by atoms with Crippen LogP contribution in [-0.2, 0) is 28.6 Å². The van der Waals surface area contributed by atoms with Gasteiger partial charge in [0.2, 0.25) is 0 Å². The predicted molar refractivity (Wildman–Crippen MR) is 335 cm³/mol. The van der Waals surface area contributed by atoms with Crippen LogP contribution >= 0.6 is 0 Å². The van der Waals surface area contributed by atoms with Gasteiger partial charge >= 0.3 is 17.9 Å². The third-order valence-corrected chi connectivity index (χ3v) is 16.3. The van der Waals surface area contributed by atoms with Crippen molar-refractivity contribution in [1.82, 2.24) is 0 Å². The first-order valence-electron chi connectivity index (χ1n) is 35.2. The number of carbonyl (C=O) groups is 3. The van der Waals surface area contributed by atoms with E-state index in [9.17, 15) is 14.4 Å². The van der Waals surface area contributed by atoms with Crippen LogP contribution in [0, 0.1) is 0 Å². The van der Waals surface area contributed by atoms with Crippen LogP contribution < -0.4 is 0 Å². The standard InChI is InChI=1S/C71H136O6/c1-4-7-10-13-16-19-22-25-27-29-31-32-33-34-35-36-37-38-39-40-41-43-44-46-49-52-55-58-61-64-70(73)76-67-68(66-75-69(72)63-60-57-54-51-48-24-21-18-15-12-9-6-3)77-71(74)65-62-59-56-53-50-47-45-42-30-28-26-23-20-17-14-11-8-5-2/h29,31,68H,4-28,30,32-67H2,1-3H3/b31-29-. The van der Waals surface area contributed by atoms with E-state index < -0.39 is 6.10 Å². The van der Waals surface area contributed by atoms with Crippen LogP contribution in [0.4, 0.5) is 0 Å². The number of rotatable bonds is 66. The maximum atomic E-state index is 12.9. The Balaban J connectivity index is 4.13. The lowest BCUT2D eigenvalue weighted by atomic mass is 10.0. The van der Waals surface area contributed by atoms with Crippen molar-refractivity contribution < 1.29 is 28.6 Å². The van der Waals surface area contributed by atoms with E-state index in [1.807, 2.05) is 0 Å². The summed E-state index contributed by atoms with van der Waals surface area (Å²) in [7, 11) is 0. The van der Waals surface area contributed by atoms with Crippen molar-refractivity contribution >= 4 is 17.9 Å². The minimum absolute atomic E-state index is 0.0622. The van der Waals surface area contributed by atoms with E-state index in [0.29, 0.717) is 19.3 Å². The molecule has 456 valence electrons. The normalized spacial score (nSPS) is 12.0. The third kappa shape index (κ3) is 64.9. The first kappa shape index (κ1) is 75.2. The average molecular weight is 1090 g/mol. The van der Waals surface area contributed by atoms with Gasteiger partial charge in [-0.25, -0.2) is 0 Å². The molecule has 0 spiro atoms. The monoisotopic (exact) mass is 1090 g/mol. The van der Waals surface area contributed by atoms with Gasteiger partial charge < -0.3 is 14.2 Å². The SMILES string of the molecule is CCCCCCCCCC/C=C\CCCCCCCCCCCCCCCCCCCC(=O)OCC(COC(=O)CCCCCCCCCCCCCC)OC(=O)CCCCCCCCCCCCCCCCCCCC. The molecule has 0 aliphatic rings. The third-order valence-electron chi connectivity index (χ3n) is 16.3. The molecule has 6 heteroatoms. The molecule has 77 heavy (non-hydrogen) atoms. The van der Waals surface area contributed by atoms with Crippen molar-refractivity contribution in [3.8, 4) is 0 Å². The highest BCUT2D eigenvalue weighted by Crippen LogP contribution is 2.19. The highest BCUT2D eigenvalue weighted by atomic mass is 16.6. The van der Waals surface area contributed by atoms with Crippen LogP contribution in [0.2, 0.25) is 0 Å². The smallest absolute Gasteiger partial charge is 0.306 e. The molecule has 0 saturated heterocycles. The maximum absolute atomic E-state index is 12.9. The fourth-order valence-electron chi connectivity index (χ4n) is 11.0. The summed E-state index contributed by atoms with van der Waals surface area (Å²) in [5.74, 6) is -0.827. The zero-order valence-corrected chi connectivity index (χ0v) is 52.5. The maximum Gasteiger partial charge on any atom is 0.306 e. The molecule has 1 atom stereocenters. The molecular formula is C71H136O6. The van der Waals surface area contributed by atoms with Crippen LogP contribution in [0.5, 0.6) is 0 Å². The molecule has 0 aromatic heterocycles. The first-order valence-corrected chi connectivity index (χ1v) is 35.2. The molecule has 0 radical (unpaired) electrons. The topological polar surface area (TPSA) is 78.9 Å². The minimum Gasteiger partial charge on any atom is -0.462 e. The molecule has 1 unspecified atom stereocenters. The fraction of sp³-hybridized carbons (Fsp3) is 0.930. The van der Waals surface area contributed by atoms with E-state index in [0.717, 1.165) is 57.8 Å². The second kappa shape index (κ2) is 66.7. The Morgan fingerprint density at radius 1 is 0.247 bits per heavy atom. The van der Waals surface area contributed by atoms with Gasteiger partial charge in [-0.05, 0) is 44.9 Å². The molecule has 6 nitrogen and oxygen atoms in total. The summed E-state index contributed by atoms with van der Waals surface area (Å²) >= 11 is 0. The van der Waals surface area contributed by atoms with Gasteiger partial charge in [0.05, 0.1) is 0 Å². The summed E-state index contributed by atoms with van der Waals surface area (Å²) in [4.78, 5) is 38.3. The Morgan fingerprint density at radius 2 is 0.429 bits per heavy atom. The molecule has 0 N–H and O–H groups in total. The van der Waals surface area contributed by atoms with Gasteiger partial charge in [0.1, 0.15) is 13.2 Å². The molecule has 0 bridgehead atoms. The Kier molecular flexibility index (Phi) is 65.1. The highest BCUT2D eigenvalue weighted by Gasteiger charge is 2.19. The minimum atomic E-state index is -0.764. The molecule has 0 heterocycles. The van der Waals surface area contributed by atoms with Crippen LogP contribution in [0.25, 0.3) is 0 Å². The number of esters is 3. The van der Waals surface area contributed by atoms with Gasteiger partial charge in [0.25, 0.3) is 0 Å². The lowest BCUT2D eigenvalue weighted by molar-refractivity contribution is -0.167. The van der Waals surface area contributed by atoms with Crippen molar-refractivity contribution in [2.24, 2.45) is 0 Å². The van der Waals surface area contributed by atoms with E-state index >= 15 is 0 Å². The van der Waals surface area contributed by atoms with Crippen LogP contribution in [0.1, 0.15) is 406 Å². The van der Waals surface area contributed by atoms with Crippen molar-refractivity contribution in [2.75, 3.05) is 13.2 Å². The predicted octanol–water partition coefficient (Wildman–Crippen LogP) is 24.0. The summed E-state index contributed by atoms with van der Waals surface area (Å²) in [6.07, 6.45) is 79.6. The van der Waals surface area contributed by atoms with E-state index in [-0.39, 0.29) is 31.1 Å². The Morgan fingerprint density at radius 3 is 0.649 bits per heavy atom. The highest BCUT2D eigenvalue weighted by molar-refractivity contribution is 5.71. The van der Waals surface area contributed by atoms with E-state index in [2.05, 4.69) is 32.9 Å². The van der Waals surface area contributed by atoms with Gasteiger partial charge in [-0.1, -0.05) is 354 Å². The average Bonchev–Trinajstić information content (AvgIpc) is 3.43. The largest absolute Gasteiger partial charge is 0.462 e. The summed E-state index contributed by atoms with van der Waals surface area (Å²) in [5, 5.41) is 0. The van der Waals surface area contributed by atoms with Crippen molar-refractivity contribution in [1.29, 1.82) is 0 Å². The van der Waals surface area contributed by atoms with Gasteiger partial charge in [-0.2, -0.15) is 0 Å². The Hall–Kier alpha value is -1.85. The van der Waals surface area contributed by atoms with E-state index in [1.165, 1.54) is 308 Å². The number of allylic oxidation sites excluding steroid dienone is 2. The number of unbranched alkanes of at least 4 members (excludes halogenated alkanes) is 53. The molecule has 0 aliphatic carbocycles. The van der Waals surface area contributed by atoms with Crippen molar-refractivity contribution in [2.45, 2.75) is 412 Å². The van der Waals surface area contributed by atoms with Gasteiger partial charge in [0.15, 0.2) is 6.10 Å². The summed E-state index contributed by atoms with van der Waals surface area (Å²) < 4.78 is 17.0. The van der Waals surface area contributed by atoms with Crippen molar-refractivity contribution in [3.05, 3.63) is 12.2 Å². The second-order valence-corrected chi connectivity index (χ2v) is 24.2. The number of hydrogen-bond donors (Lipinski definition) is 0. The summed E-state index contributed by atoms with van der Waals surface area (Å²) in [5.41, 5.74) is 0. The number of ether oxygens (including phenoxy) is 3. The molecule has 0 fully saturated rings. The van der Waals surface area contributed by atoms with Crippen LogP contribution in [-0.4, -0.2) is 37.2 Å². The lowest BCUT2D eigenvalue weighted by Gasteiger charge is -2.18. The molecule has 0 aromatic carbocycles. The van der Waals surface area contributed by atoms with Gasteiger partial charge in [-0.3, -0.25) is 14.4 Å². The van der Waals surface area contributed by atoms with Gasteiger partial charge in [0, 0.05) is 19.3 Å². The van der Waals surface area contributed by atoms with Crippen LogP contribution in [0.3, 0.4) is 0 Å². The molecule has 0 aromatic rings. The zero-order valence-electron chi connectivity index (χ0n) is 52.5. The number of carbonyl (C=O) groups excluding carboxylic acids is 3. The Bertz CT molecular complexity index is 1200. The first-order chi connectivity index (χ1) is 38.0. The van der Waals surface area contributed by atoms with E-state index in [1.54, 1.807) is 0 Å². The van der Waals surface area contributed by atoms with E-state index in [4.69, 9.17) is 14.2 Å². The van der Waals surface area contributed by atoms with Gasteiger partial charge in [-0.15, -0.1) is 0 Å². The second-order valence-electron chi connectivity index (χ2n) is 24.2. The molecule has 0 rings (SSSR count). The number of hydrogen-bond acceptors (Lipinski definition) is 6. The summed E-state index contributed by atoms with van der Waals surface area (Å²) in [6.45, 7) is 6.72. The lowest BCUT2D eigenvalue weighted by Crippen LogP contribution is -2.30.